The maximum Gasteiger partial charge on any atom is 0.490 e. The number of carboxylic acids is 2. The second kappa shape index (κ2) is 16.2. The van der Waals surface area contributed by atoms with E-state index in [0.717, 1.165) is 16.9 Å². The van der Waals surface area contributed by atoms with Gasteiger partial charge in [0.15, 0.2) is 0 Å². The number of nitrogens with one attached hydrogen (secondary N) is 1. The van der Waals surface area contributed by atoms with E-state index in [-0.39, 0.29) is 23.8 Å². The van der Waals surface area contributed by atoms with E-state index in [1.54, 1.807) is 0 Å². The molecule has 10 nitrogen and oxygen atoms in total. The first-order valence-electron chi connectivity index (χ1n) is 13.9. The minimum Gasteiger partial charge on any atom is -0.475 e. The molecule has 2 heterocycles. The zero-order chi connectivity index (χ0) is 35.0. The number of anilines is 1. The summed E-state index contributed by atoms with van der Waals surface area (Å²) >= 11 is 6.06. The third kappa shape index (κ3) is 11.0. The van der Waals surface area contributed by atoms with Crippen LogP contribution in [0.25, 0.3) is 0 Å². The first-order valence-corrected chi connectivity index (χ1v) is 14.2. The van der Waals surface area contributed by atoms with Crippen molar-refractivity contribution in [2.45, 2.75) is 63.6 Å². The maximum atomic E-state index is 14.3. The normalized spacial score (nSPS) is 18.5. The van der Waals surface area contributed by atoms with Crippen LogP contribution >= 0.6 is 11.6 Å². The van der Waals surface area contributed by atoms with E-state index in [2.05, 4.69) is 34.0 Å². The molecule has 1 aliphatic heterocycles. The zero-order valence-electron chi connectivity index (χ0n) is 24.9. The predicted octanol–water partition coefficient (Wildman–Crippen LogP) is 5.34. The van der Waals surface area contributed by atoms with E-state index >= 15 is 0 Å². The number of amides is 1. The summed E-state index contributed by atoms with van der Waals surface area (Å²) in [6.45, 7) is 9.31. The number of aliphatic carboxylic acids is 2. The van der Waals surface area contributed by atoms with Crippen molar-refractivity contribution in [2.75, 3.05) is 37.6 Å². The van der Waals surface area contributed by atoms with E-state index in [1.807, 2.05) is 36.1 Å². The first-order chi connectivity index (χ1) is 21.2. The second-order valence-electron chi connectivity index (χ2n) is 10.7. The van der Waals surface area contributed by atoms with Gasteiger partial charge in [-0.1, -0.05) is 44.5 Å². The fraction of sp³-hybridized carbons (Fsp3) is 0.536. The van der Waals surface area contributed by atoms with Crippen LogP contribution in [0.3, 0.4) is 0 Å². The van der Waals surface area contributed by atoms with Gasteiger partial charge in [0.25, 0.3) is 0 Å². The summed E-state index contributed by atoms with van der Waals surface area (Å²) in [7, 11) is 0. The number of rotatable bonds is 6. The number of aromatic nitrogens is 2. The third-order valence-corrected chi connectivity index (χ3v) is 7.17. The number of piperazine rings is 1. The molecule has 0 radical (unpaired) electrons. The number of benzene rings is 1. The van der Waals surface area contributed by atoms with Crippen LogP contribution in [-0.2, 0) is 14.4 Å². The lowest BCUT2D eigenvalue weighted by molar-refractivity contribution is -0.193. The molecular weight excluding hydrogens is 655 g/mol. The smallest absolute Gasteiger partial charge is 0.475 e. The summed E-state index contributed by atoms with van der Waals surface area (Å²) in [5, 5.41) is 18.3. The third-order valence-electron chi connectivity index (χ3n) is 6.92. The Morgan fingerprint density at radius 1 is 0.957 bits per heavy atom. The molecule has 3 N–H and O–H groups in total. The van der Waals surface area contributed by atoms with Gasteiger partial charge in [0, 0.05) is 49.4 Å². The van der Waals surface area contributed by atoms with Gasteiger partial charge in [0.2, 0.25) is 5.91 Å². The lowest BCUT2D eigenvalue weighted by Gasteiger charge is -2.38. The highest BCUT2D eigenvalue weighted by Gasteiger charge is 2.39. The molecule has 0 saturated carbocycles. The monoisotopic (exact) mass is 687 g/mol. The molecule has 1 amide bonds. The molecule has 2 aromatic rings. The van der Waals surface area contributed by atoms with Crippen molar-refractivity contribution in [1.29, 1.82) is 0 Å². The molecule has 0 bridgehead atoms. The molecule has 18 heteroatoms. The van der Waals surface area contributed by atoms with Gasteiger partial charge in [0.05, 0.1) is 11.6 Å². The summed E-state index contributed by atoms with van der Waals surface area (Å²) in [6, 6.07) is 7.82. The molecule has 3 atom stereocenters. The number of fused-ring (bicyclic) bond motifs is 1. The molecule has 0 spiro atoms. The average molecular weight is 688 g/mol. The minimum atomic E-state index is -5.08. The van der Waals surface area contributed by atoms with Crippen molar-refractivity contribution in [2.24, 2.45) is 0 Å². The first kappa shape index (κ1) is 38.5. The number of carbonyl (C=O) groups is 3. The minimum absolute atomic E-state index is 0.104. The molecule has 1 aliphatic carbocycles. The van der Waals surface area contributed by atoms with E-state index in [4.69, 9.17) is 31.4 Å². The highest BCUT2D eigenvalue weighted by Crippen LogP contribution is 2.44. The standard InChI is InChI=1S/C24H31ClFN5O.2C2HF3O2/c1-15(2)27-13-19(17-4-6-18(25)7-5-17)24(32)31-10-8-30(9-11-31)23-21-16(3)12-20(26)22(21)28-14-29-23;2*3-2(4,5)1(6)7/h4-7,14-16,19-20,27H,8-13H2,1-3H3;2*(H,6,7)/t16-,19-,20+;;/m1../s1. The number of carbonyl (C=O) groups excluding carboxylic acids is 1. The van der Waals surface area contributed by atoms with Crippen LogP contribution in [0.4, 0.5) is 36.6 Å². The molecule has 256 valence electrons. The van der Waals surface area contributed by atoms with Crippen molar-refractivity contribution in [3.05, 3.63) is 52.4 Å². The van der Waals surface area contributed by atoms with E-state index in [0.29, 0.717) is 49.9 Å². The van der Waals surface area contributed by atoms with Crippen LogP contribution in [0.1, 0.15) is 62.0 Å². The van der Waals surface area contributed by atoms with Gasteiger partial charge in [-0.2, -0.15) is 26.3 Å². The Morgan fingerprint density at radius 2 is 1.46 bits per heavy atom. The molecular formula is C28H33ClF7N5O5. The Kier molecular flexibility index (Phi) is 13.5. The molecule has 0 unspecified atom stereocenters. The van der Waals surface area contributed by atoms with Gasteiger partial charge >= 0.3 is 24.3 Å². The summed E-state index contributed by atoms with van der Waals surface area (Å²) in [5.41, 5.74) is 2.43. The van der Waals surface area contributed by atoms with Crippen molar-refractivity contribution in [3.8, 4) is 0 Å². The van der Waals surface area contributed by atoms with Gasteiger partial charge in [-0.15, -0.1) is 0 Å². The predicted molar refractivity (Wildman–Crippen MR) is 152 cm³/mol. The fourth-order valence-corrected chi connectivity index (χ4v) is 4.80. The maximum absolute atomic E-state index is 14.3. The number of halogens is 8. The molecule has 1 fully saturated rings. The lowest BCUT2D eigenvalue weighted by atomic mass is 9.96. The van der Waals surface area contributed by atoms with Crippen molar-refractivity contribution in [3.63, 3.8) is 0 Å². The Bertz CT molecular complexity index is 1310. The summed E-state index contributed by atoms with van der Waals surface area (Å²) in [5.74, 6) is -4.74. The number of hydrogen-bond acceptors (Lipinski definition) is 7. The van der Waals surface area contributed by atoms with Crippen LogP contribution in [-0.4, -0.2) is 94.0 Å². The zero-order valence-corrected chi connectivity index (χ0v) is 25.6. The van der Waals surface area contributed by atoms with Crippen LogP contribution in [0.5, 0.6) is 0 Å². The van der Waals surface area contributed by atoms with Crippen molar-refractivity contribution >= 4 is 35.3 Å². The SMILES string of the molecule is CC(C)NC[C@@H](C(=O)N1CCN(c2ncnc3c2[C@H](C)C[C@@H]3F)CC1)c1ccc(Cl)cc1.O=C(O)C(F)(F)F.O=C(O)C(F)(F)F. The molecule has 1 aromatic carbocycles. The highest BCUT2D eigenvalue weighted by atomic mass is 35.5. The number of hydrogen-bond donors (Lipinski definition) is 3. The number of carboxylic acid groups (broad SMARTS) is 2. The highest BCUT2D eigenvalue weighted by molar-refractivity contribution is 6.30. The number of nitrogens with zero attached hydrogens (tertiary/aromatic N) is 4. The summed E-state index contributed by atoms with van der Waals surface area (Å²) < 4.78 is 77.8. The average Bonchev–Trinajstić information content (AvgIpc) is 3.26. The summed E-state index contributed by atoms with van der Waals surface area (Å²) in [4.78, 5) is 44.1. The van der Waals surface area contributed by atoms with Crippen LogP contribution in [0.15, 0.2) is 30.6 Å². The van der Waals surface area contributed by atoms with E-state index in [1.165, 1.54) is 6.33 Å². The fourth-order valence-electron chi connectivity index (χ4n) is 4.67. The number of alkyl halides is 7. The van der Waals surface area contributed by atoms with Crippen LogP contribution in [0, 0.1) is 0 Å². The van der Waals surface area contributed by atoms with Gasteiger partial charge in [-0.05, 0) is 30.0 Å². The van der Waals surface area contributed by atoms with Crippen molar-refractivity contribution < 1.29 is 55.3 Å². The Morgan fingerprint density at radius 3 is 1.91 bits per heavy atom. The van der Waals surface area contributed by atoms with Crippen LogP contribution in [0.2, 0.25) is 5.02 Å². The molecule has 1 aromatic heterocycles. The van der Waals surface area contributed by atoms with Crippen LogP contribution < -0.4 is 10.2 Å². The molecule has 2 aliphatic rings. The lowest BCUT2D eigenvalue weighted by Crippen LogP contribution is -2.51. The van der Waals surface area contributed by atoms with Gasteiger partial charge in [-0.25, -0.2) is 23.9 Å². The summed E-state index contributed by atoms with van der Waals surface area (Å²) in [6.07, 6.45) is -9.26. The second-order valence-corrected chi connectivity index (χ2v) is 11.1. The van der Waals surface area contributed by atoms with Crippen molar-refractivity contribution in [1.82, 2.24) is 20.2 Å². The molecule has 4 rings (SSSR count). The van der Waals surface area contributed by atoms with Gasteiger partial charge in [-0.3, -0.25) is 4.79 Å². The molecule has 46 heavy (non-hydrogen) atoms. The Hall–Kier alpha value is -3.73. The molecule has 1 saturated heterocycles. The van der Waals surface area contributed by atoms with Gasteiger partial charge < -0.3 is 25.3 Å². The van der Waals surface area contributed by atoms with E-state index in [9.17, 15) is 35.5 Å². The topological polar surface area (TPSA) is 136 Å². The largest absolute Gasteiger partial charge is 0.490 e. The van der Waals surface area contributed by atoms with E-state index < -0.39 is 30.5 Å². The quantitative estimate of drug-likeness (QED) is 0.344. The van der Waals surface area contributed by atoms with Gasteiger partial charge in [0.1, 0.15) is 18.3 Å². The Labute approximate surface area is 264 Å². The Balaban J connectivity index is 0.000000440.